The van der Waals surface area contributed by atoms with Gasteiger partial charge in [-0.2, -0.15) is 4.31 Å². The molecule has 11 heteroatoms. The Kier molecular flexibility index (Phi) is 9.41. The van der Waals surface area contributed by atoms with Crippen LogP contribution in [0.2, 0.25) is 10.0 Å². The molecule has 1 unspecified atom stereocenters. The van der Waals surface area contributed by atoms with Gasteiger partial charge in [-0.15, -0.1) is 0 Å². The van der Waals surface area contributed by atoms with Gasteiger partial charge >= 0.3 is 0 Å². The molecule has 4 heterocycles. The maximum atomic E-state index is 14.1. The first kappa shape index (κ1) is 31.5. The zero-order valence-electron chi connectivity index (χ0n) is 25.4. The van der Waals surface area contributed by atoms with Crippen LogP contribution in [0.5, 0.6) is 5.75 Å². The molecule has 0 aliphatic carbocycles. The smallest absolute Gasteiger partial charge is 0.245 e. The van der Waals surface area contributed by atoms with Crippen LogP contribution < -0.4 is 4.74 Å². The first-order valence-corrected chi connectivity index (χ1v) is 17.9. The molecule has 0 N–H and O–H groups in total. The standard InChI is InChI=1S/C33H40Cl2N4O4S/c1-22-20-23(2)36-32-25(22)8-6-10-29(32)43-21-26-27(34)11-12-30(31(26)35)44(41,42)39-17-7-9-28(39)33(40)38-18-13-24(14-19-38)37-15-4-3-5-16-37/h6,8,10-12,20,24,28H,3-5,7,9,13-19,21H2,1-2H3. The fraction of sp³-hybridized carbons (Fsp3) is 0.515. The molecule has 8 nitrogen and oxygen atoms in total. The number of hydrogen-bond acceptors (Lipinski definition) is 6. The molecule has 1 atom stereocenters. The van der Waals surface area contributed by atoms with E-state index < -0.39 is 16.1 Å². The number of para-hydroxylation sites is 1. The summed E-state index contributed by atoms with van der Waals surface area (Å²) in [6.07, 6.45) is 6.77. The van der Waals surface area contributed by atoms with Gasteiger partial charge in [-0.25, -0.2) is 13.4 Å². The Morgan fingerprint density at radius 3 is 2.45 bits per heavy atom. The van der Waals surface area contributed by atoms with Crippen LogP contribution in [0, 0.1) is 13.8 Å². The highest BCUT2D eigenvalue weighted by Crippen LogP contribution is 2.37. The van der Waals surface area contributed by atoms with E-state index in [1.54, 1.807) is 0 Å². The van der Waals surface area contributed by atoms with E-state index in [1.165, 1.54) is 35.7 Å². The van der Waals surface area contributed by atoms with Gasteiger partial charge in [0.1, 0.15) is 28.8 Å². The van der Waals surface area contributed by atoms with Crippen molar-refractivity contribution in [3.63, 3.8) is 0 Å². The summed E-state index contributed by atoms with van der Waals surface area (Å²) in [6.45, 7) is 7.79. The van der Waals surface area contributed by atoms with Gasteiger partial charge in [-0.05, 0) is 95.3 Å². The molecule has 3 aromatic rings. The number of piperidine rings is 2. The quantitative estimate of drug-likeness (QED) is 0.294. The Balaban J connectivity index is 1.19. The molecule has 1 amide bonds. The van der Waals surface area contributed by atoms with Gasteiger partial charge in [-0.1, -0.05) is 41.8 Å². The molecule has 236 valence electrons. The molecule has 3 aliphatic heterocycles. The van der Waals surface area contributed by atoms with Crippen LogP contribution in [0.15, 0.2) is 41.3 Å². The number of aromatic nitrogens is 1. The second-order valence-corrected chi connectivity index (χ2v) is 14.9. The maximum absolute atomic E-state index is 14.1. The number of ether oxygens (including phenoxy) is 1. The molecule has 0 bridgehead atoms. The minimum Gasteiger partial charge on any atom is -0.487 e. The third-order valence-corrected chi connectivity index (χ3v) is 12.3. The zero-order valence-corrected chi connectivity index (χ0v) is 27.7. The number of benzene rings is 2. The SMILES string of the molecule is Cc1cc(C)c2cccc(OCc3c(Cl)ccc(S(=O)(=O)N4CCCC4C(=O)N4CCC(N5CCCCC5)CC4)c3Cl)c2n1. The molecule has 6 rings (SSSR count). The number of likely N-dealkylation sites (tertiary alicyclic amines) is 2. The summed E-state index contributed by atoms with van der Waals surface area (Å²) in [4.78, 5) is 22.8. The Hall–Kier alpha value is -2.43. The molecule has 0 spiro atoms. The second-order valence-electron chi connectivity index (χ2n) is 12.3. The third-order valence-electron chi connectivity index (χ3n) is 9.42. The maximum Gasteiger partial charge on any atom is 0.245 e. The van der Waals surface area contributed by atoms with E-state index in [1.807, 2.05) is 43.0 Å². The number of carbonyl (C=O) groups is 1. The summed E-state index contributed by atoms with van der Waals surface area (Å²) < 4.78 is 35.6. The number of rotatable bonds is 7. The number of halogens is 2. The Labute approximate surface area is 270 Å². The number of nitrogens with zero attached hydrogens (tertiary/aromatic N) is 4. The molecule has 0 saturated carbocycles. The molecule has 3 saturated heterocycles. The lowest BCUT2D eigenvalue weighted by Crippen LogP contribution is -2.53. The molecule has 1 aromatic heterocycles. The monoisotopic (exact) mass is 658 g/mol. The Morgan fingerprint density at radius 2 is 1.70 bits per heavy atom. The highest BCUT2D eigenvalue weighted by atomic mass is 35.5. The van der Waals surface area contributed by atoms with Crippen LogP contribution in [0.3, 0.4) is 0 Å². The van der Waals surface area contributed by atoms with E-state index >= 15 is 0 Å². The van der Waals surface area contributed by atoms with Crippen LogP contribution in [-0.4, -0.2) is 78.2 Å². The van der Waals surface area contributed by atoms with Crippen LogP contribution in [0.4, 0.5) is 0 Å². The predicted molar refractivity (Wildman–Crippen MR) is 174 cm³/mol. The third kappa shape index (κ3) is 6.18. The number of amides is 1. The van der Waals surface area contributed by atoms with Gasteiger partial charge in [0.25, 0.3) is 0 Å². The van der Waals surface area contributed by atoms with E-state index in [0.717, 1.165) is 48.1 Å². The molecular weight excluding hydrogens is 619 g/mol. The topological polar surface area (TPSA) is 83.0 Å². The lowest BCUT2D eigenvalue weighted by molar-refractivity contribution is -0.136. The highest BCUT2D eigenvalue weighted by Gasteiger charge is 2.43. The highest BCUT2D eigenvalue weighted by molar-refractivity contribution is 7.89. The molecule has 2 aromatic carbocycles. The van der Waals surface area contributed by atoms with Crippen molar-refractivity contribution in [2.75, 3.05) is 32.7 Å². The van der Waals surface area contributed by atoms with E-state index in [2.05, 4.69) is 9.88 Å². The summed E-state index contributed by atoms with van der Waals surface area (Å²) in [5, 5.41) is 1.29. The number of sulfonamides is 1. The number of fused-ring (bicyclic) bond motifs is 1. The van der Waals surface area contributed by atoms with E-state index in [0.29, 0.717) is 48.3 Å². The van der Waals surface area contributed by atoms with E-state index in [4.69, 9.17) is 27.9 Å². The summed E-state index contributed by atoms with van der Waals surface area (Å²) >= 11 is 13.3. The van der Waals surface area contributed by atoms with Crippen LogP contribution in [-0.2, 0) is 21.4 Å². The van der Waals surface area contributed by atoms with Gasteiger partial charge in [-0.3, -0.25) is 4.79 Å². The molecule has 44 heavy (non-hydrogen) atoms. The van der Waals surface area contributed by atoms with E-state index in [-0.39, 0.29) is 29.0 Å². The van der Waals surface area contributed by atoms with Gasteiger partial charge in [0.2, 0.25) is 15.9 Å². The normalized spacial score (nSPS) is 20.8. The predicted octanol–water partition coefficient (Wildman–Crippen LogP) is 6.37. The summed E-state index contributed by atoms with van der Waals surface area (Å²) in [7, 11) is -4.08. The summed E-state index contributed by atoms with van der Waals surface area (Å²) in [6, 6.07) is 10.5. The Bertz CT molecular complexity index is 1650. The lowest BCUT2D eigenvalue weighted by atomic mass is 9.99. The summed E-state index contributed by atoms with van der Waals surface area (Å²) in [5.41, 5.74) is 3.05. The van der Waals surface area contributed by atoms with Crippen molar-refractivity contribution < 1.29 is 17.9 Å². The van der Waals surface area contributed by atoms with Gasteiger partial charge in [0.15, 0.2) is 0 Å². The fourth-order valence-corrected chi connectivity index (χ4v) is 9.59. The van der Waals surface area contributed by atoms with Crippen molar-refractivity contribution in [2.45, 2.75) is 82.4 Å². The van der Waals surface area contributed by atoms with Crippen molar-refractivity contribution in [1.82, 2.24) is 19.1 Å². The fourth-order valence-electron chi connectivity index (χ4n) is 7.08. The first-order chi connectivity index (χ1) is 21.1. The lowest BCUT2D eigenvalue weighted by Gasteiger charge is -2.41. The average Bonchev–Trinajstić information content (AvgIpc) is 3.52. The minimum absolute atomic E-state index is 0.0125. The largest absolute Gasteiger partial charge is 0.487 e. The van der Waals surface area contributed by atoms with Crippen LogP contribution in [0.1, 0.15) is 61.8 Å². The number of pyridine rings is 1. The van der Waals surface area contributed by atoms with Crippen molar-refractivity contribution in [3.05, 3.63) is 63.3 Å². The first-order valence-electron chi connectivity index (χ1n) is 15.7. The second kappa shape index (κ2) is 13.1. The molecule has 3 fully saturated rings. The minimum atomic E-state index is -4.08. The number of hydrogen-bond donors (Lipinski definition) is 0. The molecule has 0 radical (unpaired) electrons. The van der Waals surface area contributed by atoms with Crippen molar-refractivity contribution in [1.29, 1.82) is 0 Å². The van der Waals surface area contributed by atoms with Crippen LogP contribution >= 0.6 is 23.2 Å². The molecule has 3 aliphatic rings. The van der Waals surface area contributed by atoms with Gasteiger partial charge < -0.3 is 14.5 Å². The van der Waals surface area contributed by atoms with Crippen molar-refractivity contribution in [2.24, 2.45) is 0 Å². The molecular formula is C33H40Cl2N4O4S. The summed E-state index contributed by atoms with van der Waals surface area (Å²) in [5.74, 6) is 0.454. The zero-order chi connectivity index (χ0) is 31.0. The number of carbonyl (C=O) groups excluding carboxylic acids is 1. The van der Waals surface area contributed by atoms with Gasteiger partial charge in [0.05, 0.1) is 5.02 Å². The average molecular weight is 660 g/mol. The van der Waals surface area contributed by atoms with Crippen LogP contribution in [0.25, 0.3) is 10.9 Å². The van der Waals surface area contributed by atoms with Gasteiger partial charge in [0, 0.05) is 47.3 Å². The van der Waals surface area contributed by atoms with Crippen molar-refractivity contribution >= 4 is 50.0 Å². The number of aryl methyl sites for hydroxylation is 2. The Morgan fingerprint density at radius 1 is 0.955 bits per heavy atom. The van der Waals surface area contributed by atoms with E-state index in [9.17, 15) is 13.2 Å². The van der Waals surface area contributed by atoms with Crippen molar-refractivity contribution in [3.8, 4) is 5.75 Å².